The fourth-order valence-electron chi connectivity index (χ4n) is 12.6. The third-order valence-corrected chi connectivity index (χ3v) is 16.0. The van der Waals surface area contributed by atoms with Crippen molar-refractivity contribution >= 4 is 59.7 Å². The SMILES string of the molecule is COC(=O)COC12CC3CC(C1)C(COC(C)=O)C(C3)C2.COC(=O)COC1C2CC3CC(C2)C(COC(C)=O)C1C3.COC(=O)COC1CCC(COC(C)=O)CC1.COC(=O)COCCOC(C)=O.COC(=O)COCOC(C)=O. The lowest BCUT2D eigenvalue weighted by Gasteiger charge is -2.59. The fraction of sp³-hybridized carbons (Fsp3) is 0.825. The maximum Gasteiger partial charge on any atom is 0.331 e. The average molecular weight is 1180 g/mol. The Morgan fingerprint density at radius 1 is 0.402 bits per heavy atom. The molecule has 82 heavy (non-hydrogen) atoms. The van der Waals surface area contributed by atoms with Crippen LogP contribution in [0.5, 0.6) is 0 Å². The van der Waals surface area contributed by atoms with Gasteiger partial charge < -0.3 is 71.1 Å². The van der Waals surface area contributed by atoms with Crippen LogP contribution in [0.25, 0.3) is 0 Å². The van der Waals surface area contributed by atoms with Crippen LogP contribution in [0.1, 0.15) is 118 Å². The van der Waals surface area contributed by atoms with E-state index >= 15 is 0 Å². The summed E-state index contributed by atoms with van der Waals surface area (Å²) < 4.78 is 73.5. The molecular weight excluding hydrogens is 1080 g/mol. The molecular formula is C57H90O25. The number of methoxy groups -OCH3 is 5. The minimum absolute atomic E-state index is 0.0236. The molecule has 0 heterocycles. The summed E-state index contributed by atoms with van der Waals surface area (Å²) in [6, 6.07) is 0. The summed E-state index contributed by atoms with van der Waals surface area (Å²) in [6.07, 6.45) is 14.3. The summed E-state index contributed by atoms with van der Waals surface area (Å²) in [5.41, 5.74) is -0.141. The van der Waals surface area contributed by atoms with Crippen molar-refractivity contribution in [2.45, 2.75) is 136 Å². The van der Waals surface area contributed by atoms with Crippen LogP contribution in [0.3, 0.4) is 0 Å². The number of carbonyl (C=O) groups is 10. The van der Waals surface area contributed by atoms with E-state index in [1.807, 2.05) is 0 Å². The molecule has 9 rings (SSSR count). The van der Waals surface area contributed by atoms with Crippen molar-refractivity contribution in [3.8, 4) is 0 Å². The van der Waals surface area contributed by atoms with Crippen molar-refractivity contribution in [3.05, 3.63) is 0 Å². The molecule has 0 aromatic heterocycles. The van der Waals surface area contributed by atoms with Gasteiger partial charge in [-0.25, -0.2) is 24.0 Å². The Morgan fingerprint density at radius 2 is 0.866 bits per heavy atom. The summed E-state index contributed by atoms with van der Waals surface area (Å²) in [5, 5.41) is 0. The molecule has 0 aliphatic heterocycles. The van der Waals surface area contributed by atoms with Crippen LogP contribution < -0.4 is 0 Å². The van der Waals surface area contributed by atoms with E-state index in [0.29, 0.717) is 73.1 Å². The van der Waals surface area contributed by atoms with Gasteiger partial charge in [-0.2, -0.15) is 0 Å². The lowest BCUT2D eigenvalue weighted by atomic mass is 9.50. The first kappa shape index (κ1) is 70.8. The van der Waals surface area contributed by atoms with E-state index in [1.165, 1.54) is 95.9 Å². The third-order valence-electron chi connectivity index (χ3n) is 16.0. The van der Waals surface area contributed by atoms with Gasteiger partial charge in [0.1, 0.15) is 39.6 Å². The van der Waals surface area contributed by atoms with Gasteiger partial charge in [0, 0.05) is 40.5 Å². The third kappa shape index (κ3) is 26.4. The molecule has 8 atom stereocenters. The van der Waals surface area contributed by atoms with E-state index in [-0.39, 0.29) is 113 Å². The number of esters is 10. The zero-order chi connectivity index (χ0) is 60.8. The lowest BCUT2D eigenvalue weighted by Crippen LogP contribution is -2.57. The van der Waals surface area contributed by atoms with E-state index < -0.39 is 17.9 Å². The molecule has 0 aromatic carbocycles. The Morgan fingerprint density at radius 3 is 1.40 bits per heavy atom. The maximum atomic E-state index is 11.3. The highest BCUT2D eigenvalue weighted by molar-refractivity contribution is 5.72. The van der Waals surface area contributed by atoms with Crippen molar-refractivity contribution < 1.29 is 119 Å². The van der Waals surface area contributed by atoms with E-state index in [4.69, 9.17) is 33.2 Å². The van der Waals surface area contributed by atoms with Crippen LogP contribution >= 0.6 is 0 Å². The van der Waals surface area contributed by atoms with Crippen LogP contribution in [-0.2, 0) is 119 Å². The van der Waals surface area contributed by atoms with Crippen LogP contribution in [0, 0.1) is 59.2 Å². The zero-order valence-corrected chi connectivity index (χ0v) is 49.6. The van der Waals surface area contributed by atoms with Gasteiger partial charge in [-0.05, 0) is 137 Å². The average Bonchev–Trinajstić information content (AvgIpc) is 2.49. The van der Waals surface area contributed by atoms with Crippen molar-refractivity contribution in [1.29, 1.82) is 0 Å². The Balaban J connectivity index is 0.000000276. The highest BCUT2D eigenvalue weighted by atomic mass is 16.7. The number of carbonyl (C=O) groups excluding carboxylic acids is 10. The fourth-order valence-corrected chi connectivity index (χ4v) is 12.6. The Kier molecular flexibility index (Phi) is 32.5. The standard InChI is InChI=1S/2C16H24O5.C12H20O5.C7H12O5.C6H10O5/c1-10(17)20-8-14-12-3-11-4-13(14)7-16(5-11,6-12)21-9-15(18)19-2;1-9(17)20-7-14-11-3-10-4-12(6-11)16(13(14)5-10)21-8-15(18)19-2;1-9(13)16-7-10-3-5-11(6-4-10)17-8-12(14)15-2;1-6(8)12-4-3-11-5-7(9)10-2;1-5(7)11-4-10-3-6(8)9-2/h11-14H,3-9H2,1-2H3;10-14,16H,3-8H2,1-2H3;10-11H,3-8H2,1-2H3;3-5H2,1-2H3;3-4H2,1-2H3. The predicted molar refractivity (Wildman–Crippen MR) is 283 cm³/mol. The van der Waals surface area contributed by atoms with E-state index in [0.717, 1.165) is 63.7 Å². The molecule has 8 unspecified atom stereocenters. The van der Waals surface area contributed by atoms with Crippen molar-refractivity contribution in [2.75, 3.05) is 108 Å². The van der Waals surface area contributed by atoms with Gasteiger partial charge in [-0.15, -0.1) is 0 Å². The highest BCUT2D eigenvalue weighted by Crippen LogP contribution is 2.60. The molecule has 9 saturated carbocycles. The molecule has 468 valence electrons. The largest absolute Gasteiger partial charge is 0.467 e. The molecule has 9 aliphatic carbocycles. The second kappa shape index (κ2) is 37.6. The van der Waals surface area contributed by atoms with Gasteiger partial charge in [0.2, 0.25) is 0 Å². The van der Waals surface area contributed by atoms with Crippen LogP contribution in [0.15, 0.2) is 0 Å². The minimum Gasteiger partial charge on any atom is -0.467 e. The summed E-state index contributed by atoms with van der Waals surface area (Å²) in [7, 11) is 6.64. The van der Waals surface area contributed by atoms with Crippen LogP contribution in [-0.4, -0.2) is 186 Å². The molecule has 25 heteroatoms. The lowest BCUT2D eigenvalue weighted by molar-refractivity contribution is -0.199. The summed E-state index contributed by atoms with van der Waals surface area (Å²) in [6.45, 7) is 8.39. The van der Waals surface area contributed by atoms with Crippen LogP contribution in [0.4, 0.5) is 0 Å². The van der Waals surface area contributed by atoms with E-state index in [1.54, 1.807) is 0 Å². The first-order chi connectivity index (χ1) is 39.0. The van der Waals surface area contributed by atoms with E-state index in [2.05, 4.69) is 37.9 Å². The number of hydrogen-bond donors (Lipinski definition) is 0. The molecule has 0 saturated heterocycles. The Hall–Kier alpha value is -5.50. The topological polar surface area (TPSA) is 309 Å². The highest BCUT2D eigenvalue weighted by Gasteiger charge is 2.57. The van der Waals surface area contributed by atoms with Crippen molar-refractivity contribution in [2.24, 2.45) is 59.2 Å². The van der Waals surface area contributed by atoms with Gasteiger partial charge in [-0.3, -0.25) is 24.0 Å². The molecule has 0 spiro atoms. The summed E-state index contributed by atoms with van der Waals surface area (Å²) in [4.78, 5) is 108. The predicted octanol–water partition coefficient (Wildman–Crippen LogP) is 4.46. The number of hydrogen-bond acceptors (Lipinski definition) is 25. The van der Waals surface area contributed by atoms with Crippen LogP contribution in [0.2, 0.25) is 0 Å². The molecule has 0 N–H and O–H groups in total. The first-order valence-electron chi connectivity index (χ1n) is 28.1. The maximum absolute atomic E-state index is 11.3. The summed E-state index contributed by atoms with van der Waals surface area (Å²) in [5.74, 6) is 2.20. The van der Waals surface area contributed by atoms with Crippen molar-refractivity contribution in [3.63, 3.8) is 0 Å². The monoisotopic (exact) mass is 1170 g/mol. The van der Waals surface area contributed by atoms with Gasteiger partial charge in [-0.1, -0.05) is 0 Å². The Bertz CT molecular complexity index is 2020. The number of rotatable bonds is 24. The summed E-state index contributed by atoms with van der Waals surface area (Å²) >= 11 is 0. The second-order valence-electron chi connectivity index (χ2n) is 21.8. The van der Waals surface area contributed by atoms with Gasteiger partial charge in [0.05, 0.1) is 79.8 Å². The molecule has 8 bridgehead atoms. The molecule has 9 fully saturated rings. The quantitative estimate of drug-likeness (QED) is 0.0557. The van der Waals surface area contributed by atoms with Crippen molar-refractivity contribution in [1.82, 2.24) is 0 Å². The zero-order valence-electron chi connectivity index (χ0n) is 49.6. The number of ether oxygens (including phenoxy) is 15. The van der Waals surface area contributed by atoms with Gasteiger partial charge in [0.25, 0.3) is 0 Å². The molecule has 25 nitrogen and oxygen atoms in total. The molecule has 0 radical (unpaired) electrons. The normalized spacial score (nSPS) is 28.1. The molecule has 9 aliphatic rings. The minimum atomic E-state index is -0.503. The second-order valence-corrected chi connectivity index (χ2v) is 21.8. The first-order valence-corrected chi connectivity index (χ1v) is 28.1. The van der Waals surface area contributed by atoms with Gasteiger partial charge >= 0.3 is 59.7 Å². The Labute approximate surface area is 480 Å². The van der Waals surface area contributed by atoms with Gasteiger partial charge in [0.15, 0.2) is 6.79 Å². The molecule has 0 aromatic rings. The van der Waals surface area contributed by atoms with E-state index in [9.17, 15) is 47.9 Å². The molecule has 0 amide bonds. The smallest absolute Gasteiger partial charge is 0.331 e.